The summed E-state index contributed by atoms with van der Waals surface area (Å²) in [6.45, 7) is 1.47. The molecule has 0 unspecified atom stereocenters. The van der Waals surface area contributed by atoms with Gasteiger partial charge in [0.25, 0.3) is 0 Å². The van der Waals surface area contributed by atoms with Crippen molar-refractivity contribution in [1.29, 1.82) is 0 Å². The molecule has 0 aliphatic carbocycles. The van der Waals surface area contributed by atoms with Crippen LogP contribution >= 0.6 is 11.3 Å². The Hall–Kier alpha value is -3.39. The van der Waals surface area contributed by atoms with Crippen LogP contribution in [0.4, 0.5) is 10.8 Å². The summed E-state index contributed by atoms with van der Waals surface area (Å²) in [4.78, 5) is 27.9. The van der Waals surface area contributed by atoms with Crippen molar-refractivity contribution in [1.82, 2.24) is 4.98 Å². The van der Waals surface area contributed by atoms with Gasteiger partial charge in [0.15, 0.2) is 5.13 Å². The van der Waals surface area contributed by atoms with Gasteiger partial charge in [-0.25, -0.2) is 4.98 Å². The zero-order valence-electron chi connectivity index (χ0n) is 17.0. The number of hydrogen-bond donors (Lipinski definition) is 2. The Kier molecular flexibility index (Phi) is 7.03. The summed E-state index contributed by atoms with van der Waals surface area (Å²) >= 11 is 1.37. The molecule has 3 rings (SSSR count). The molecule has 0 atom stereocenters. The minimum Gasteiger partial charge on any atom is -0.497 e. The van der Waals surface area contributed by atoms with Crippen molar-refractivity contribution in [3.63, 3.8) is 0 Å². The number of anilines is 2. The first-order valence-electron chi connectivity index (χ1n) is 9.32. The number of amides is 2. The van der Waals surface area contributed by atoms with Gasteiger partial charge in [-0.05, 0) is 36.2 Å². The van der Waals surface area contributed by atoms with Crippen LogP contribution in [-0.4, -0.2) is 31.0 Å². The number of methoxy groups -OCH3 is 2. The van der Waals surface area contributed by atoms with Crippen LogP contribution in [-0.2, 0) is 16.0 Å². The number of carbonyl (C=O) groups is 2. The molecule has 0 aliphatic heterocycles. The summed E-state index contributed by atoms with van der Waals surface area (Å²) in [5.74, 6) is 1.16. The number of benzene rings is 2. The van der Waals surface area contributed by atoms with Crippen LogP contribution in [0.2, 0.25) is 0 Å². The first-order valence-corrected chi connectivity index (χ1v) is 10.2. The summed E-state index contributed by atoms with van der Waals surface area (Å²) in [6.07, 6.45) is 0.874. The molecule has 8 heteroatoms. The standard InChI is InChI=1S/C22H23N3O4S/c1-14(26)23-17-7-5-16(6-8-17)20-13-30-22(24-20)25-21(27)9-4-15-10-18(28-2)12-19(11-15)29-3/h5-8,10-13H,4,9H2,1-3H3,(H,23,26)(H,24,25,27). The maximum atomic E-state index is 12.3. The second kappa shape index (κ2) is 9.89. The Morgan fingerprint density at radius 2 is 1.67 bits per heavy atom. The number of aryl methyl sites for hydroxylation is 1. The van der Waals surface area contributed by atoms with Gasteiger partial charge >= 0.3 is 0 Å². The van der Waals surface area contributed by atoms with E-state index in [1.165, 1.54) is 18.3 Å². The molecule has 30 heavy (non-hydrogen) atoms. The number of nitrogens with zero attached hydrogens (tertiary/aromatic N) is 1. The molecule has 0 radical (unpaired) electrons. The van der Waals surface area contributed by atoms with E-state index in [4.69, 9.17) is 9.47 Å². The van der Waals surface area contributed by atoms with E-state index >= 15 is 0 Å². The van der Waals surface area contributed by atoms with E-state index in [9.17, 15) is 9.59 Å². The largest absolute Gasteiger partial charge is 0.497 e. The van der Waals surface area contributed by atoms with Gasteiger partial charge in [-0.3, -0.25) is 9.59 Å². The smallest absolute Gasteiger partial charge is 0.226 e. The minimum atomic E-state index is -0.117. The number of aromatic nitrogens is 1. The predicted octanol–water partition coefficient (Wildman–Crippen LogP) is 4.36. The number of hydrogen-bond acceptors (Lipinski definition) is 6. The molecule has 156 valence electrons. The Morgan fingerprint density at radius 1 is 1.00 bits per heavy atom. The third-order valence-electron chi connectivity index (χ3n) is 4.30. The van der Waals surface area contributed by atoms with Crippen LogP contribution in [0.25, 0.3) is 11.3 Å². The summed E-state index contributed by atoms with van der Waals surface area (Å²) in [5, 5.41) is 8.00. The van der Waals surface area contributed by atoms with Crippen LogP contribution in [0.5, 0.6) is 11.5 Å². The van der Waals surface area contributed by atoms with E-state index in [-0.39, 0.29) is 11.8 Å². The molecule has 0 saturated heterocycles. The van der Waals surface area contributed by atoms with Gasteiger partial charge in [0.2, 0.25) is 11.8 Å². The molecule has 1 heterocycles. The second-order valence-corrected chi connectivity index (χ2v) is 7.42. The Bertz CT molecular complexity index is 1010. The van der Waals surface area contributed by atoms with Gasteiger partial charge in [-0.2, -0.15) is 0 Å². The topological polar surface area (TPSA) is 89.5 Å². The van der Waals surface area contributed by atoms with Gasteiger partial charge in [0.05, 0.1) is 19.9 Å². The number of nitrogens with one attached hydrogen (secondary N) is 2. The lowest BCUT2D eigenvalue weighted by molar-refractivity contribution is -0.116. The molecule has 0 spiro atoms. The SMILES string of the molecule is COc1cc(CCC(=O)Nc2nc(-c3ccc(NC(C)=O)cc3)cs2)cc(OC)c1. The van der Waals surface area contributed by atoms with Gasteiger partial charge in [0.1, 0.15) is 11.5 Å². The fourth-order valence-corrected chi connectivity index (χ4v) is 3.58. The van der Waals surface area contributed by atoms with Crippen LogP contribution in [0, 0.1) is 0 Å². The van der Waals surface area contributed by atoms with Gasteiger partial charge in [-0.15, -0.1) is 11.3 Å². The van der Waals surface area contributed by atoms with Crippen molar-refractivity contribution < 1.29 is 19.1 Å². The molecule has 2 amide bonds. The lowest BCUT2D eigenvalue weighted by Crippen LogP contribution is -2.12. The van der Waals surface area contributed by atoms with Crippen LogP contribution in [0.1, 0.15) is 18.9 Å². The van der Waals surface area contributed by atoms with E-state index in [0.29, 0.717) is 29.5 Å². The van der Waals surface area contributed by atoms with E-state index in [2.05, 4.69) is 15.6 Å². The fraction of sp³-hybridized carbons (Fsp3) is 0.227. The molecule has 2 aromatic carbocycles. The Balaban J connectivity index is 1.58. The number of carbonyl (C=O) groups excluding carboxylic acids is 2. The van der Waals surface area contributed by atoms with Gasteiger partial charge < -0.3 is 20.1 Å². The van der Waals surface area contributed by atoms with Crippen LogP contribution < -0.4 is 20.1 Å². The molecular weight excluding hydrogens is 402 g/mol. The summed E-state index contributed by atoms with van der Waals surface area (Å²) in [6, 6.07) is 13.0. The number of ether oxygens (including phenoxy) is 2. The second-order valence-electron chi connectivity index (χ2n) is 6.57. The molecule has 1 aromatic heterocycles. The number of thiazole rings is 1. The molecule has 0 bridgehead atoms. The van der Waals surface area contributed by atoms with Crippen molar-refractivity contribution in [2.45, 2.75) is 19.8 Å². The van der Waals surface area contributed by atoms with E-state index in [0.717, 1.165) is 22.5 Å². The third-order valence-corrected chi connectivity index (χ3v) is 5.06. The highest BCUT2D eigenvalue weighted by molar-refractivity contribution is 7.14. The fourth-order valence-electron chi connectivity index (χ4n) is 2.84. The lowest BCUT2D eigenvalue weighted by Gasteiger charge is -2.08. The third kappa shape index (κ3) is 5.81. The summed E-state index contributed by atoms with van der Waals surface area (Å²) < 4.78 is 10.5. The minimum absolute atomic E-state index is 0.112. The van der Waals surface area contributed by atoms with Crippen molar-refractivity contribution in [2.24, 2.45) is 0 Å². The number of rotatable bonds is 8. The van der Waals surface area contributed by atoms with Gasteiger partial charge in [0, 0.05) is 36.0 Å². The highest BCUT2D eigenvalue weighted by Gasteiger charge is 2.10. The van der Waals surface area contributed by atoms with E-state index in [1.54, 1.807) is 20.3 Å². The van der Waals surface area contributed by atoms with Gasteiger partial charge in [-0.1, -0.05) is 12.1 Å². The molecule has 3 aromatic rings. The summed E-state index contributed by atoms with van der Waals surface area (Å²) in [5.41, 5.74) is 3.36. The monoisotopic (exact) mass is 425 g/mol. The normalized spacial score (nSPS) is 10.4. The maximum absolute atomic E-state index is 12.3. The molecule has 7 nitrogen and oxygen atoms in total. The molecule has 0 fully saturated rings. The van der Waals surface area contributed by atoms with Crippen LogP contribution in [0.3, 0.4) is 0 Å². The van der Waals surface area contributed by atoms with Crippen molar-refractivity contribution in [3.05, 3.63) is 53.4 Å². The first kappa shape index (κ1) is 21.3. The zero-order chi connectivity index (χ0) is 21.5. The average Bonchev–Trinajstić information content (AvgIpc) is 3.20. The van der Waals surface area contributed by atoms with E-state index < -0.39 is 0 Å². The van der Waals surface area contributed by atoms with Crippen molar-refractivity contribution in [2.75, 3.05) is 24.9 Å². The molecule has 2 N–H and O–H groups in total. The highest BCUT2D eigenvalue weighted by atomic mass is 32.1. The Labute approximate surface area is 179 Å². The zero-order valence-corrected chi connectivity index (χ0v) is 17.8. The van der Waals surface area contributed by atoms with Crippen LogP contribution in [0.15, 0.2) is 47.8 Å². The molecule has 0 saturated carbocycles. The maximum Gasteiger partial charge on any atom is 0.226 e. The predicted molar refractivity (Wildman–Crippen MR) is 118 cm³/mol. The van der Waals surface area contributed by atoms with E-state index in [1.807, 2.05) is 41.8 Å². The van der Waals surface area contributed by atoms with Crippen molar-refractivity contribution in [3.8, 4) is 22.8 Å². The first-order chi connectivity index (χ1) is 14.5. The van der Waals surface area contributed by atoms with Crippen molar-refractivity contribution >= 4 is 34.0 Å². The molecular formula is C22H23N3O4S. The highest BCUT2D eigenvalue weighted by Crippen LogP contribution is 2.27. The summed E-state index contributed by atoms with van der Waals surface area (Å²) in [7, 11) is 3.19. The molecule has 0 aliphatic rings. The quantitative estimate of drug-likeness (QED) is 0.560. The Morgan fingerprint density at radius 3 is 2.27 bits per heavy atom. The average molecular weight is 426 g/mol. The lowest BCUT2D eigenvalue weighted by atomic mass is 10.1.